The summed E-state index contributed by atoms with van der Waals surface area (Å²) >= 11 is 0. The van der Waals surface area contributed by atoms with E-state index in [2.05, 4.69) is 0 Å². The molecule has 0 spiro atoms. The third-order valence-corrected chi connectivity index (χ3v) is 4.50. The Bertz CT molecular complexity index is 463. The molecular weight excluding hydrogens is 276 g/mol. The second kappa shape index (κ2) is 8.30. The number of carbonyl (C=O) groups excluding carboxylic acids is 1. The summed E-state index contributed by atoms with van der Waals surface area (Å²) in [7, 11) is 0. The van der Waals surface area contributed by atoms with Crippen molar-refractivity contribution in [3.05, 3.63) is 35.9 Å². The van der Waals surface area contributed by atoms with E-state index >= 15 is 0 Å². The maximum Gasteiger partial charge on any atom is 0.227 e. The number of rotatable bonds is 6. The first kappa shape index (κ1) is 17.0. The Hall–Kier alpha value is -1.39. The van der Waals surface area contributed by atoms with E-state index in [-0.39, 0.29) is 17.9 Å². The number of benzene rings is 1. The van der Waals surface area contributed by atoms with Gasteiger partial charge in [-0.1, -0.05) is 37.3 Å². The number of nitrogens with zero attached hydrogens (tertiary/aromatic N) is 1. The topological polar surface area (TPSA) is 55.6 Å². The Morgan fingerprint density at radius 1 is 1.41 bits per heavy atom. The Balaban J connectivity index is 1.95. The van der Waals surface area contributed by atoms with E-state index < -0.39 is 0 Å². The van der Waals surface area contributed by atoms with Crippen LogP contribution in [-0.4, -0.2) is 37.1 Å². The molecule has 122 valence electrons. The number of nitrogens with two attached hydrogens (primary N) is 1. The van der Waals surface area contributed by atoms with Crippen LogP contribution in [0.15, 0.2) is 30.3 Å². The molecule has 1 aliphatic heterocycles. The van der Waals surface area contributed by atoms with Crippen molar-refractivity contribution in [3.63, 3.8) is 0 Å². The fourth-order valence-corrected chi connectivity index (χ4v) is 3.09. The predicted molar refractivity (Wildman–Crippen MR) is 88.3 cm³/mol. The zero-order chi connectivity index (χ0) is 15.9. The summed E-state index contributed by atoms with van der Waals surface area (Å²) in [5.74, 6) is 0.420. The van der Waals surface area contributed by atoms with E-state index in [1.54, 1.807) is 0 Å². The van der Waals surface area contributed by atoms with Crippen LogP contribution in [0.3, 0.4) is 0 Å². The van der Waals surface area contributed by atoms with Crippen molar-refractivity contribution in [2.75, 3.05) is 26.3 Å². The van der Waals surface area contributed by atoms with Crippen molar-refractivity contribution in [2.45, 2.75) is 32.7 Å². The minimum absolute atomic E-state index is 0.164. The number of carbonyl (C=O) groups is 1. The van der Waals surface area contributed by atoms with Gasteiger partial charge in [0.2, 0.25) is 5.91 Å². The molecule has 2 rings (SSSR count). The van der Waals surface area contributed by atoms with Crippen LogP contribution in [0.25, 0.3) is 0 Å². The highest BCUT2D eigenvalue weighted by Crippen LogP contribution is 2.24. The van der Waals surface area contributed by atoms with E-state index in [1.165, 1.54) is 0 Å². The van der Waals surface area contributed by atoms with Gasteiger partial charge in [0.1, 0.15) is 0 Å². The Kier molecular flexibility index (Phi) is 6.40. The van der Waals surface area contributed by atoms with Crippen LogP contribution in [0.4, 0.5) is 0 Å². The molecule has 1 fully saturated rings. The molecule has 4 heteroatoms. The molecule has 0 aromatic heterocycles. The fraction of sp³-hybridized carbons (Fsp3) is 0.611. The number of likely N-dealkylation sites (tertiary alicyclic amines) is 1. The molecule has 1 saturated heterocycles. The SMILES string of the molecule is CCOCC1CCCN(C(=O)C(C)C(N)c2ccccc2)C1. The molecule has 22 heavy (non-hydrogen) atoms. The lowest BCUT2D eigenvalue weighted by molar-refractivity contribution is -0.138. The predicted octanol–water partition coefficient (Wildman–Crippen LogP) is 2.60. The minimum Gasteiger partial charge on any atom is -0.381 e. The van der Waals surface area contributed by atoms with Crippen LogP contribution < -0.4 is 5.73 Å². The normalized spacial score (nSPS) is 21.4. The zero-order valence-electron chi connectivity index (χ0n) is 13.7. The van der Waals surface area contributed by atoms with Crippen molar-refractivity contribution >= 4 is 5.91 Å². The maximum atomic E-state index is 12.7. The largest absolute Gasteiger partial charge is 0.381 e. The van der Waals surface area contributed by atoms with Crippen LogP contribution in [0, 0.1) is 11.8 Å². The Labute approximate surface area is 133 Å². The molecule has 0 bridgehead atoms. The second-order valence-corrected chi connectivity index (χ2v) is 6.18. The van der Waals surface area contributed by atoms with Crippen molar-refractivity contribution in [2.24, 2.45) is 17.6 Å². The lowest BCUT2D eigenvalue weighted by atomic mass is 9.92. The third-order valence-electron chi connectivity index (χ3n) is 4.50. The van der Waals surface area contributed by atoms with Gasteiger partial charge in [-0.2, -0.15) is 0 Å². The van der Waals surface area contributed by atoms with Crippen molar-refractivity contribution in [1.29, 1.82) is 0 Å². The molecule has 2 N–H and O–H groups in total. The summed E-state index contributed by atoms with van der Waals surface area (Å²) in [6.07, 6.45) is 2.19. The van der Waals surface area contributed by atoms with Gasteiger partial charge < -0.3 is 15.4 Å². The van der Waals surface area contributed by atoms with Crippen molar-refractivity contribution < 1.29 is 9.53 Å². The van der Waals surface area contributed by atoms with Gasteiger partial charge in [-0.3, -0.25) is 4.79 Å². The van der Waals surface area contributed by atoms with Gasteiger partial charge in [0, 0.05) is 25.7 Å². The van der Waals surface area contributed by atoms with Crippen LogP contribution in [0.2, 0.25) is 0 Å². The zero-order valence-corrected chi connectivity index (χ0v) is 13.7. The summed E-state index contributed by atoms with van der Waals surface area (Å²) in [4.78, 5) is 14.7. The molecule has 1 aromatic carbocycles. The standard InChI is InChI=1S/C18H28N2O2/c1-3-22-13-15-8-7-11-20(12-15)18(21)14(2)17(19)16-9-5-4-6-10-16/h4-6,9-10,14-15,17H,3,7-8,11-13,19H2,1-2H3. The van der Waals surface area contributed by atoms with Crippen LogP contribution in [-0.2, 0) is 9.53 Å². The van der Waals surface area contributed by atoms with Gasteiger partial charge >= 0.3 is 0 Å². The molecule has 0 saturated carbocycles. The van der Waals surface area contributed by atoms with E-state index in [0.29, 0.717) is 5.92 Å². The smallest absolute Gasteiger partial charge is 0.227 e. The molecule has 3 atom stereocenters. The van der Waals surface area contributed by atoms with Gasteiger partial charge in [-0.25, -0.2) is 0 Å². The first-order valence-corrected chi connectivity index (χ1v) is 8.30. The molecule has 4 nitrogen and oxygen atoms in total. The average molecular weight is 304 g/mol. The third kappa shape index (κ3) is 4.31. The second-order valence-electron chi connectivity index (χ2n) is 6.18. The molecule has 1 aliphatic rings. The molecule has 3 unspecified atom stereocenters. The Morgan fingerprint density at radius 2 is 2.14 bits per heavy atom. The summed E-state index contributed by atoms with van der Waals surface area (Å²) in [5.41, 5.74) is 7.31. The number of amides is 1. The molecule has 0 radical (unpaired) electrons. The average Bonchev–Trinajstić information content (AvgIpc) is 2.59. The highest BCUT2D eigenvalue weighted by atomic mass is 16.5. The monoisotopic (exact) mass is 304 g/mol. The van der Waals surface area contributed by atoms with Gasteiger partial charge in [-0.15, -0.1) is 0 Å². The summed E-state index contributed by atoms with van der Waals surface area (Å²) in [5, 5.41) is 0. The summed E-state index contributed by atoms with van der Waals surface area (Å²) < 4.78 is 5.52. The van der Waals surface area contributed by atoms with Gasteiger partial charge in [0.05, 0.1) is 12.5 Å². The summed E-state index contributed by atoms with van der Waals surface area (Å²) in [6, 6.07) is 9.62. The summed E-state index contributed by atoms with van der Waals surface area (Å²) in [6.45, 7) is 7.07. The molecule has 1 heterocycles. The van der Waals surface area contributed by atoms with E-state index in [9.17, 15) is 4.79 Å². The highest BCUT2D eigenvalue weighted by molar-refractivity contribution is 5.79. The van der Waals surface area contributed by atoms with Crippen molar-refractivity contribution in [3.8, 4) is 0 Å². The first-order chi connectivity index (χ1) is 10.6. The number of hydrogen-bond acceptors (Lipinski definition) is 3. The number of ether oxygens (including phenoxy) is 1. The lowest BCUT2D eigenvalue weighted by Gasteiger charge is -2.35. The fourth-order valence-electron chi connectivity index (χ4n) is 3.09. The maximum absolute atomic E-state index is 12.7. The van der Waals surface area contributed by atoms with Gasteiger partial charge in [0.15, 0.2) is 0 Å². The molecule has 1 amide bonds. The number of hydrogen-bond donors (Lipinski definition) is 1. The highest BCUT2D eigenvalue weighted by Gasteiger charge is 2.30. The lowest BCUT2D eigenvalue weighted by Crippen LogP contribution is -2.45. The van der Waals surface area contributed by atoms with E-state index in [4.69, 9.17) is 10.5 Å². The molecule has 0 aliphatic carbocycles. The van der Waals surface area contributed by atoms with E-state index in [1.807, 2.05) is 49.1 Å². The number of piperidine rings is 1. The van der Waals surface area contributed by atoms with Crippen LogP contribution >= 0.6 is 0 Å². The first-order valence-electron chi connectivity index (χ1n) is 8.30. The molecular formula is C18H28N2O2. The van der Waals surface area contributed by atoms with Gasteiger partial charge in [0.25, 0.3) is 0 Å². The van der Waals surface area contributed by atoms with Crippen molar-refractivity contribution in [1.82, 2.24) is 4.90 Å². The Morgan fingerprint density at radius 3 is 2.82 bits per heavy atom. The van der Waals surface area contributed by atoms with Gasteiger partial charge in [-0.05, 0) is 31.2 Å². The van der Waals surface area contributed by atoms with Crippen LogP contribution in [0.5, 0.6) is 0 Å². The molecule has 1 aromatic rings. The minimum atomic E-state index is -0.249. The quantitative estimate of drug-likeness (QED) is 0.879. The van der Waals surface area contributed by atoms with E-state index in [0.717, 1.165) is 44.7 Å². The van der Waals surface area contributed by atoms with Crippen LogP contribution in [0.1, 0.15) is 38.3 Å².